The van der Waals surface area contributed by atoms with E-state index in [1.54, 1.807) is 30.3 Å². The van der Waals surface area contributed by atoms with Crippen LogP contribution in [-0.4, -0.2) is 21.5 Å². The number of hydrogen-bond donors (Lipinski definition) is 2. The van der Waals surface area contributed by atoms with E-state index >= 15 is 0 Å². The molecule has 0 fully saturated rings. The van der Waals surface area contributed by atoms with Crippen molar-refractivity contribution < 1.29 is 13.3 Å². The Hall–Kier alpha value is -3.07. The largest absolute Gasteiger partial charge is 0.319 e. The highest BCUT2D eigenvalue weighted by Crippen LogP contribution is 2.24. The van der Waals surface area contributed by atoms with Gasteiger partial charge in [-0.15, -0.1) is 0 Å². The Morgan fingerprint density at radius 1 is 0.871 bits per heavy atom. The maximum atomic E-state index is 13.0. The maximum absolute atomic E-state index is 13.0. The summed E-state index contributed by atoms with van der Waals surface area (Å²) < 4.78 is 28.8. The van der Waals surface area contributed by atoms with Crippen molar-refractivity contribution in [2.24, 2.45) is 0 Å². The molecule has 0 aliphatic rings. The molecule has 0 saturated carbocycles. The molecular weight excluding hydrogens is 404 g/mol. The molecule has 0 radical (unpaired) electrons. The summed E-state index contributed by atoms with van der Waals surface area (Å²) in [6.45, 7) is 7.93. The van der Waals surface area contributed by atoms with Crippen LogP contribution in [0.5, 0.6) is 0 Å². The van der Waals surface area contributed by atoms with Crippen molar-refractivity contribution in [3.63, 3.8) is 0 Å². The Labute approximate surface area is 186 Å². The number of nitrogens with one attached hydrogen (secondary N) is 2. The Morgan fingerprint density at radius 3 is 2.13 bits per heavy atom. The van der Waals surface area contributed by atoms with Crippen LogP contribution >= 0.6 is 0 Å². The Bertz CT molecular complexity index is 1160. The van der Waals surface area contributed by atoms with Crippen molar-refractivity contribution in [1.82, 2.24) is 0 Å². The van der Waals surface area contributed by atoms with E-state index in [4.69, 9.17) is 0 Å². The van der Waals surface area contributed by atoms with Gasteiger partial charge in [0.1, 0.15) is 0 Å². The Kier molecular flexibility index (Phi) is 7.51. The van der Waals surface area contributed by atoms with Crippen molar-refractivity contribution in [1.29, 1.82) is 0 Å². The molecule has 0 bridgehead atoms. The molecule has 0 amide bonds. The second-order valence-corrected chi connectivity index (χ2v) is 9.12. The van der Waals surface area contributed by atoms with E-state index < -0.39 is 10.0 Å². The summed E-state index contributed by atoms with van der Waals surface area (Å²) >= 11 is 0. The average Bonchev–Trinajstić information content (AvgIpc) is 2.78. The van der Waals surface area contributed by atoms with E-state index in [0.717, 1.165) is 29.8 Å². The number of anilines is 1. The zero-order valence-electron chi connectivity index (χ0n) is 18.2. The lowest BCUT2D eigenvalue weighted by atomic mass is 10.0. The molecule has 5 heteroatoms. The second kappa shape index (κ2) is 10.3. The van der Waals surface area contributed by atoms with E-state index in [1.165, 1.54) is 4.90 Å². The first-order valence-corrected chi connectivity index (χ1v) is 12.0. The third-order valence-electron chi connectivity index (χ3n) is 5.30. The van der Waals surface area contributed by atoms with Crippen molar-refractivity contribution in [3.05, 3.63) is 95.6 Å². The van der Waals surface area contributed by atoms with Crippen LogP contribution in [0.2, 0.25) is 0 Å². The van der Waals surface area contributed by atoms with Gasteiger partial charge in [-0.3, -0.25) is 4.72 Å². The second-order valence-electron chi connectivity index (χ2n) is 7.44. The van der Waals surface area contributed by atoms with Gasteiger partial charge in [-0.05, 0) is 63.1 Å². The number of aryl methyl sites for hydroxylation is 1. The zero-order chi connectivity index (χ0) is 22.3. The summed E-state index contributed by atoms with van der Waals surface area (Å²) in [5.74, 6) is 6.68. The predicted molar refractivity (Wildman–Crippen MR) is 127 cm³/mol. The molecule has 0 aromatic heterocycles. The summed E-state index contributed by atoms with van der Waals surface area (Å²) in [6.07, 6.45) is 0. The third-order valence-corrected chi connectivity index (χ3v) is 6.68. The predicted octanol–water partition coefficient (Wildman–Crippen LogP) is 3.81. The van der Waals surface area contributed by atoms with E-state index in [2.05, 4.69) is 30.4 Å². The first kappa shape index (κ1) is 22.6. The van der Waals surface area contributed by atoms with Gasteiger partial charge in [0.15, 0.2) is 6.04 Å². The fourth-order valence-electron chi connectivity index (χ4n) is 3.50. The summed E-state index contributed by atoms with van der Waals surface area (Å²) in [5, 5.41) is 0. The Morgan fingerprint density at radius 2 is 1.48 bits per heavy atom. The lowest BCUT2D eigenvalue weighted by Gasteiger charge is -2.25. The lowest BCUT2D eigenvalue weighted by Crippen LogP contribution is -3.11. The molecule has 31 heavy (non-hydrogen) atoms. The summed E-state index contributed by atoms with van der Waals surface area (Å²) in [6, 6.07) is 24.1. The molecule has 0 saturated heterocycles. The fourth-order valence-corrected chi connectivity index (χ4v) is 4.59. The van der Waals surface area contributed by atoms with Crippen LogP contribution in [0, 0.1) is 18.8 Å². The minimum atomic E-state index is -3.70. The van der Waals surface area contributed by atoms with Gasteiger partial charge in [-0.1, -0.05) is 53.9 Å². The van der Waals surface area contributed by atoms with Gasteiger partial charge in [0.2, 0.25) is 0 Å². The molecule has 3 rings (SSSR count). The van der Waals surface area contributed by atoms with Crippen LogP contribution in [0.4, 0.5) is 5.69 Å². The number of hydrogen-bond acceptors (Lipinski definition) is 2. The smallest absolute Gasteiger partial charge is 0.261 e. The van der Waals surface area contributed by atoms with Gasteiger partial charge in [0.25, 0.3) is 10.0 Å². The first-order chi connectivity index (χ1) is 14.9. The van der Waals surface area contributed by atoms with E-state index in [1.807, 2.05) is 55.5 Å². The number of para-hydroxylation sites is 1. The lowest BCUT2D eigenvalue weighted by molar-refractivity contribution is -0.919. The highest BCUT2D eigenvalue weighted by Gasteiger charge is 2.24. The standard InChI is InChI=1S/C26H28N2O2S/c1-4-28(5-2)26(20-17-22-11-7-6-8-12-22)24-13-9-10-14-25(24)27-31(29,30)23-18-15-21(3)16-19-23/h6-16,18-19,26-27H,4-5H2,1-3H3/p+1/t26-/m0/s1. The van der Waals surface area contributed by atoms with Crippen LogP contribution in [0.3, 0.4) is 0 Å². The molecule has 3 aromatic rings. The summed E-state index contributed by atoms with van der Waals surface area (Å²) in [4.78, 5) is 1.51. The SMILES string of the molecule is CC[NH+](CC)[C@@H](C#Cc1ccccc1)c1ccccc1NS(=O)(=O)c1ccc(C)cc1. The molecular formula is C26H29N2O2S+. The number of sulfonamides is 1. The average molecular weight is 434 g/mol. The molecule has 1 atom stereocenters. The van der Waals surface area contributed by atoms with Crippen LogP contribution in [0.1, 0.15) is 36.6 Å². The van der Waals surface area contributed by atoms with Gasteiger partial charge in [-0.25, -0.2) is 8.42 Å². The third kappa shape index (κ3) is 5.75. The molecule has 4 nitrogen and oxygen atoms in total. The Balaban J connectivity index is 2.01. The molecule has 0 spiro atoms. The van der Waals surface area contributed by atoms with Crippen LogP contribution in [-0.2, 0) is 10.0 Å². The van der Waals surface area contributed by atoms with Gasteiger partial charge in [0, 0.05) is 11.1 Å². The van der Waals surface area contributed by atoms with Gasteiger partial charge in [-0.2, -0.15) is 0 Å². The van der Waals surface area contributed by atoms with E-state index in [9.17, 15) is 8.42 Å². The molecule has 0 heterocycles. The fraction of sp³-hybridized carbons (Fsp3) is 0.231. The first-order valence-electron chi connectivity index (χ1n) is 10.5. The molecule has 0 aliphatic heterocycles. The van der Waals surface area contributed by atoms with Crippen molar-refractivity contribution in [3.8, 4) is 11.8 Å². The monoisotopic (exact) mass is 433 g/mol. The highest BCUT2D eigenvalue weighted by molar-refractivity contribution is 7.92. The minimum Gasteiger partial charge on any atom is -0.319 e. The van der Waals surface area contributed by atoms with Gasteiger partial charge >= 0.3 is 0 Å². The van der Waals surface area contributed by atoms with Crippen molar-refractivity contribution in [2.45, 2.75) is 31.7 Å². The highest BCUT2D eigenvalue weighted by atomic mass is 32.2. The minimum absolute atomic E-state index is 0.160. The van der Waals surface area contributed by atoms with Crippen molar-refractivity contribution >= 4 is 15.7 Å². The number of benzene rings is 3. The van der Waals surface area contributed by atoms with E-state index in [0.29, 0.717) is 5.69 Å². The van der Waals surface area contributed by atoms with Crippen molar-refractivity contribution in [2.75, 3.05) is 17.8 Å². The van der Waals surface area contributed by atoms with Gasteiger partial charge in [0.05, 0.1) is 23.7 Å². The normalized spacial score (nSPS) is 12.1. The molecule has 2 N–H and O–H groups in total. The molecule has 3 aromatic carbocycles. The quantitative estimate of drug-likeness (QED) is 0.557. The number of rotatable bonds is 7. The number of quaternary nitrogens is 1. The molecule has 0 unspecified atom stereocenters. The zero-order valence-corrected chi connectivity index (χ0v) is 19.0. The summed E-state index contributed by atoms with van der Waals surface area (Å²) in [7, 11) is -3.70. The molecule has 0 aliphatic carbocycles. The van der Waals surface area contributed by atoms with E-state index in [-0.39, 0.29) is 10.9 Å². The summed E-state index contributed by atoms with van der Waals surface area (Å²) in [5.41, 5.74) is 3.40. The van der Waals surface area contributed by atoms with Crippen LogP contribution < -0.4 is 9.62 Å². The maximum Gasteiger partial charge on any atom is 0.261 e. The topological polar surface area (TPSA) is 50.6 Å². The van der Waals surface area contributed by atoms with Gasteiger partial charge < -0.3 is 4.90 Å². The van der Waals surface area contributed by atoms with Crippen LogP contribution in [0.15, 0.2) is 83.8 Å². The van der Waals surface area contributed by atoms with Crippen LogP contribution in [0.25, 0.3) is 0 Å². The molecule has 160 valence electrons.